The van der Waals surface area contributed by atoms with Crippen LogP contribution in [0.1, 0.15) is 79.3 Å². The summed E-state index contributed by atoms with van der Waals surface area (Å²) in [5, 5.41) is 30.4. The third-order valence-corrected chi connectivity index (χ3v) is 11.3. The fraction of sp³-hybridized carbons (Fsp3) is 0.474. The van der Waals surface area contributed by atoms with E-state index in [1.807, 2.05) is 19.9 Å². The number of aromatic nitrogens is 2. The molecule has 3 atom stereocenters. The van der Waals surface area contributed by atoms with Gasteiger partial charge in [0.15, 0.2) is 0 Å². The second kappa shape index (κ2) is 12.1. The number of anilines is 1. The second-order valence-corrected chi connectivity index (χ2v) is 14.7. The van der Waals surface area contributed by atoms with E-state index >= 15 is 0 Å². The number of imide groups is 1. The van der Waals surface area contributed by atoms with Gasteiger partial charge in [0.1, 0.15) is 11.8 Å². The molecule has 3 aliphatic carbocycles. The molecular weight excluding hydrogens is 634 g/mol. The molecule has 1 aromatic heterocycles. The summed E-state index contributed by atoms with van der Waals surface area (Å²) in [5.74, 6) is 5.36. The summed E-state index contributed by atoms with van der Waals surface area (Å²) in [6.07, 6.45) is 12.3. The molecule has 50 heavy (non-hydrogen) atoms. The zero-order valence-corrected chi connectivity index (χ0v) is 28.2. The fourth-order valence-electron chi connectivity index (χ4n) is 8.40. The van der Waals surface area contributed by atoms with Crippen LogP contribution in [0.2, 0.25) is 0 Å². The number of nitriles is 1. The van der Waals surface area contributed by atoms with Gasteiger partial charge in [-0.05, 0) is 87.5 Å². The molecular formula is C38H39N7O5. The van der Waals surface area contributed by atoms with Gasteiger partial charge in [-0.1, -0.05) is 24.0 Å². The first-order valence-corrected chi connectivity index (χ1v) is 17.5. The molecule has 0 radical (unpaired) electrons. The number of likely N-dealkylation sites (tertiary alicyclic amines) is 2. The van der Waals surface area contributed by atoms with Crippen LogP contribution in [0.3, 0.4) is 0 Å². The number of hydrogen-bond donors (Lipinski definition) is 3. The first kappa shape index (κ1) is 32.2. The number of carbonyl (C=O) groups excluding carboxylic acids is 4. The third kappa shape index (κ3) is 5.17. The summed E-state index contributed by atoms with van der Waals surface area (Å²) in [7, 11) is 0. The second-order valence-electron chi connectivity index (χ2n) is 14.7. The van der Waals surface area contributed by atoms with Crippen LogP contribution in [-0.2, 0) is 50.4 Å². The minimum Gasteiger partial charge on any atom is -0.372 e. The number of piperidine rings is 1. The van der Waals surface area contributed by atoms with Crippen LogP contribution < -0.4 is 10.6 Å². The van der Waals surface area contributed by atoms with Gasteiger partial charge in [0, 0.05) is 48.9 Å². The van der Waals surface area contributed by atoms with E-state index in [0.29, 0.717) is 36.2 Å². The SMILES string of the molecule is CC(C)(C(=O)Nc1c2c(c(C#N)c3c1CCC3)CCC2)n1cc(C#CC2CN(C3C=C4C(=O)N(C5CCC(=O)NC5O)C(=O)C4=CC3)C2)cn1. The van der Waals surface area contributed by atoms with E-state index in [1.54, 1.807) is 23.2 Å². The molecule has 0 bridgehead atoms. The standard InChI is InChI=1S/C38H39N7O5/c1-38(2,37(50)42-33-26-7-3-5-24(26)30(16-39)25-6-4-8-27(25)33)44-20-21(17-40-44)9-10-22-18-43(19-22)23-11-12-28-29(15-23)36(49)45(35(28)48)31-13-14-32(46)41-34(31)47/h12,15,17,20,22-23,31,34,47H,3-8,11,13-14,18-19H2,1-2H3,(H,41,46)(H,42,50). The molecule has 12 heteroatoms. The predicted molar refractivity (Wildman–Crippen MR) is 181 cm³/mol. The van der Waals surface area contributed by atoms with Crippen LogP contribution in [0.4, 0.5) is 5.69 Å². The molecule has 256 valence electrons. The Morgan fingerprint density at radius 2 is 1.70 bits per heavy atom. The van der Waals surface area contributed by atoms with E-state index in [1.165, 1.54) is 0 Å². The van der Waals surface area contributed by atoms with Crippen molar-refractivity contribution >= 4 is 29.3 Å². The maximum atomic E-state index is 13.8. The number of benzene rings is 1. The summed E-state index contributed by atoms with van der Waals surface area (Å²) in [6.45, 7) is 5.11. The molecule has 2 aromatic rings. The van der Waals surface area contributed by atoms with Crippen molar-refractivity contribution < 1.29 is 24.3 Å². The van der Waals surface area contributed by atoms with Gasteiger partial charge in [0.25, 0.3) is 17.7 Å². The van der Waals surface area contributed by atoms with Crippen LogP contribution in [0.5, 0.6) is 0 Å². The molecule has 3 N–H and O–H groups in total. The number of rotatable bonds is 5. The monoisotopic (exact) mass is 673 g/mol. The lowest BCUT2D eigenvalue weighted by Crippen LogP contribution is -2.57. The Morgan fingerprint density at radius 1 is 1.02 bits per heavy atom. The molecule has 3 unspecified atom stereocenters. The number of carbonyl (C=O) groups is 4. The molecule has 4 heterocycles. The minimum atomic E-state index is -1.28. The van der Waals surface area contributed by atoms with Gasteiger partial charge in [0.05, 0.1) is 35.0 Å². The Morgan fingerprint density at radius 3 is 2.38 bits per heavy atom. The maximum absolute atomic E-state index is 13.8. The van der Waals surface area contributed by atoms with Gasteiger partial charge in [-0.25, -0.2) is 0 Å². The lowest BCUT2D eigenvalue weighted by molar-refractivity contribution is -0.148. The van der Waals surface area contributed by atoms with Gasteiger partial charge >= 0.3 is 0 Å². The van der Waals surface area contributed by atoms with Gasteiger partial charge in [-0.15, -0.1) is 0 Å². The van der Waals surface area contributed by atoms with Crippen LogP contribution in [0.25, 0.3) is 0 Å². The van der Waals surface area contributed by atoms with Crippen molar-refractivity contribution in [2.75, 3.05) is 18.4 Å². The molecule has 3 saturated heterocycles. The van der Waals surface area contributed by atoms with Crippen molar-refractivity contribution in [1.29, 1.82) is 5.26 Å². The van der Waals surface area contributed by atoms with Crippen molar-refractivity contribution in [3.8, 4) is 17.9 Å². The predicted octanol–water partition coefficient (Wildman–Crippen LogP) is 1.98. The first-order chi connectivity index (χ1) is 24.0. The Bertz CT molecular complexity index is 2000. The van der Waals surface area contributed by atoms with Gasteiger partial charge in [0.2, 0.25) is 5.91 Å². The Balaban J connectivity index is 0.903. The van der Waals surface area contributed by atoms with Crippen LogP contribution in [-0.4, -0.2) is 79.7 Å². The summed E-state index contributed by atoms with van der Waals surface area (Å²) in [6, 6.07) is 1.63. The molecule has 8 rings (SSSR count). The van der Waals surface area contributed by atoms with Crippen LogP contribution >= 0.6 is 0 Å². The highest BCUT2D eigenvalue weighted by atomic mass is 16.3. The molecule has 0 spiro atoms. The van der Waals surface area contributed by atoms with Crippen LogP contribution in [0.15, 0.2) is 35.7 Å². The minimum absolute atomic E-state index is 0.0416. The number of aliphatic hydroxyl groups excluding tert-OH is 1. The highest BCUT2D eigenvalue weighted by molar-refractivity contribution is 6.25. The third-order valence-electron chi connectivity index (χ3n) is 11.3. The Labute approximate surface area is 290 Å². The van der Waals surface area contributed by atoms with Gasteiger partial charge in [-0.3, -0.25) is 33.7 Å². The van der Waals surface area contributed by atoms with E-state index in [2.05, 4.69) is 38.5 Å². The van der Waals surface area contributed by atoms with Crippen molar-refractivity contribution in [1.82, 2.24) is 24.9 Å². The quantitative estimate of drug-likeness (QED) is 0.321. The highest BCUT2D eigenvalue weighted by Gasteiger charge is 2.48. The summed E-state index contributed by atoms with van der Waals surface area (Å²) in [5.41, 5.74) is 6.65. The van der Waals surface area contributed by atoms with E-state index in [0.717, 1.165) is 76.9 Å². The number of aliphatic hydroxyl groups is 1. The number of hydrogen-bond acceptors (Lipinski definition) is 8. The number of amides is 4. The topological polar surface area (TPSA) is 161 Å². The molecule has 3 aliphatic heterocycles. The van der Waals surface area contributed by atoms with Gasteiger partial charge in [-0.2, -0.15) is 10.4 Å². The van der Waals surface area contributed by atoms with Crippen molar-refractivity contribution in [3.63, 3.8) is 0 Å². The lowest BCUT2D eigenvalue weighted by atomic mass is 9.91. The van der Waals surface area contributed by atoms with E-state index in [9.17, 15) is 29.5 Å². The average molecular weight is 674 g/mol. The number of fused-ring (bicyclic) bond motifs is 3. The number of nitrogens with zero attached hydrogens (tertiary/aromatic N) is 5. The molecule has 0 saturated carbocycles. The summed E-state index contributed by atoms with van der Waals surface area (Å²) in [4.78, 5) is 55.1. The number of nitrogens with one attached hydrogen (secondary N) is 2. The van der Waals surface area contributed by atoms with Crippen molar-refractivity contribution in [2.24, 2.45) is 5.92 Å². The first-order valence-electron chi connectivity index (χ1n) is 17.5. The molecule has 4 amide bonds. The zero-order chi connectivity index (χ0) is 34.9. The lowest BCUT2D eigenvalue weighted by Gasteiger charge is -2.41. The van der Waals surface area contributed by atoms with Gasteiger partial charge < -0.3 is 15.7 Å². The van der Waals surface area contributed by atoms with Crippen molar-refractivity contribution in [2.45, 2.75) is 95.5 Å². The Hall–Kier alpha value is -5.04. The average Bonchev–Trinajstić information content (AvgIpc) is 3.89. The largest absolute Gasteiger partial charge is 0.372 e. The normalized spacial score (nSPS) is 24.6. The molecule has 12 nitrogen and oxygen atoms in total. The summed E-state index contributed by atoms with van der Waals surface area (Å²) >= 11 is 0. The maximum Gasteiger partial charge on any atom is 0.261 e. The van der Waals surface area contributed by atoms with E-state index < -0.39 is 29.6 Å². The highest BCUT2D eigenvalue weighted by Crippen LogP contribution is 2.42. The van der Waals surface area contributed by atoms with Crippen molar-refractivity contribution in [3.05, 3.63) is 69.1 Å². The fourth-order valence-corrected chi connectivity index (χ4v) is 8.40. The summed E-state index contributed by atoms with van der Waals surface area (Å²) < 4.78 is 1.66. The van der Waals surface area contributed by atoms with Crippen LogP contribution in [0, 0.1) is 29.1 Å². The zero-order valence-electron chi connectivity index (χ0n) is 28.2. The molecule has 1 aromatic carbocycles. The molecule has 3 fully saturated rings. The Kier molecular flexibility index (Phi) is 7.77. The van der Waals surface area contributed by atoms with E-state index in [-0.39, 0.29) is 36.6 Å². The smallest absolute Gasteiger partial charge is 0.261 e. The molecule has 6 aliphatic rings. The van der Waals surface area contributed by atoms with E-state index in [4.69, 9.17) is 0 Å².